The number of rotatable bonds is 4. The van der Waals surface area contributed by atoms with Crippen molar-refractivity contribution >= 4 is 17.1 Å². The minimum atomic E-state index is 0.0760. The van der Waals surface area contributed by atoms with Gasteiger partial charge in [-0.2, -0.15) is 0 Å². The molecule has 0 unspecified atom stereocenters. The molecule has 0 N–H and O–H groups in total. The van der Waals surface area contributed by atoms with Crippen LogP contribution in [0.1, 0.15) is 28.8 Å². The van der Waals surface area contributed by atoms with E-state index in [-0.39, 0.29) is 5.91 Å². The molecular formula is C23H24N4O2. The van der Waals surface area contributed by atoms with Gasteiger partial charge in [-0.1, -0.05) is 30.3 Å². The van der Waals surface area contributed by atoms with E-state index in [1.54, 1.807) is 6.20 Å². The molecule has 0 aliphatic carbocycles. The lowest BCUT2D eigenvalue weighted by atomic mass is 9.82. The number of ether oxygens (including phenoxy) is 1. The lowest BCUT2D eigenvalue weighted by Crippen LogP contribution is -2.31. The first-order valence-electron chi connectivity index (χ1n) is 10.6. The summed E-state index contributed by atoms with van der Waals surface area (Å²) in [6, 6.07) is 12.3. The molecule has 3 saturated heterocycles. The summed E-state index contributed by atoms with van der Waals surface area (Å²) in [7, 11) is 0. The summed E-state index contributed by atoms with van der Waals surface area (Å²) >= 11 is 0. The van der Waals surface area contributed by atoms with Crippen LogP contribution in [0.2, 0.25) is 0 Å². The Morgan fingerprint density at radius 2 is 1.83 bits per heavy atom. The van der Waals surface area contributed by atoms with Gasteiger partial charge in [-0.05, 0) is 30.9 Å². The van der Waals surface area contributed by atoms with E-state index in [0.717, 1.165) is 50.1 Å². The average molecular weight is 388 g/mol. The molecule has 3 fully saturated rings. The Balaban J connectivity index is 1.18. The van der Waals surface area contributed by atoms with Crippen LogP contribution < -0.4 is 0 Å². The van der Waals surface area contributed by atoms with Gasteiger partial charge in [-0.25, -0.2) is 9.97 Å². The van der Waals surface area contributed by atoms with Gasteiger partial charge in [0, 0.05) is 37.7 Å². The molecular weight excluding hydrogens is 364 g/mol. The van der Waals surface area contributed by atoms with E-state index in [2.05, 4.69) is 38.8 Å². The van der Waals surface area contributed by atoms with E-state index < -0.39 is 0 Å². The summed E-state index contributed by atoms with van der Waals surface area (Å²) in [5.74, 6) is 1.12. The summed E-state index contributed by atoms with van der Waals surface area (Å²) in [6.07, 6.45) is 7.50. The number of aryl methyl sites for hydroxylation is 2. The number of hydrogen-bond donors (Lipinski definition) is 0. The number of benzene rings is 1. The molecule has 148 valence electrons. The number of pyridine rings is 1. The van der Waals surface area contributed by atoms with Crippen molar-refractivity contribution in [2.75, 3.05) is 13.1 Å². The van der Waals surface area contributed by atoms with Crippen LogP contribution in [0.3, 0.4) is 0 Å². The van der Waals surface area contributed by atoms with Crippen molar-refractivity contribution in [2.24, 2.45) is 11.8 Å². The van der Waals surface area contributed by atoms with Crippen LogP contribution in [0, 0.1) is 11.8 Å². The SMILES string of the molecule is O=C(c1cnc2c(c1)ncn2CCc1ccccc1)N1C[C@@H]2[C@H](C1)[C@H]1CC[C@@H]2O1. The van der Waals surface area contributed by atoms with Crippen molar-refractivity contribution in [1.82, 2.24) is 19.4 Å². The Kier molecular flexibility index (Phi) is 3.94. The molecule has 1 amide bonds. The standard InChI is InChI=1S/C23H24N4O2/c28-23(27-12-17-18(13-27)21-7-6-20(17)29-21)16-10-19-22(24-11-16)26(14-25-19)9-8-15-4-2-1-3-5-15/h1-5,10-11,14,17-18,20-21H,6-9,12-13H2/t17-,18+,20+,21-. The molecule has 2 bridgehead atoms. The predicted molar refractivity (Wildman–Crippen MR) is 108 cm³/mol. The van der Waals surface area contributed by atoms with Crippen LogP contribution in [0.4, 0.5) is 0 Å². The highest BCUT2D eigenvalue weighted by Crippen LogP contribution is 2.47. The average Bonchev–Trinajstić information content (AvgIpc) is 3.53. The number of nitrogens with zero attached hydrogens (tertiary/aromatic N) is 4. The van der Waals surface area contributed by atoms with Crippen molar-refractivity contribution in [2.45, 2.75) is 38.0 Å². The minimum absolute atomic E-state index is 0.0760. The van der Waals surface area contributed by atoms with E-state index in [1.165, 1.54) is 5.56 Å². The summed E-state index contributed by atoms with van der Waals surface area (Å²) in [5, 5.41) is 0. The number of aromatic nitrogens is 3. The van der Waals surface area contributed by atoms with Gasteiger partial charge in [0.1, 0.15) is 5.52 Å². The van der Waals surface area contributed by atoms with Gasteiger partial charge in [-0.15, -0.1) is 0 Å². The van der Waals surface area contributed by atoms with E-state index in [9.17, 15) is 4.79 Å². The maximum absolute atomic E-state index is 13.1. The van der Waals surface area contributed by atoms with E-state index in [1.807, 2.05) is 23.4 Å². The monoisotopic (exact) mass is 388 g/mol. The Hall–Kier alpha value is -2.73. The largest absolute Gasteiger partial charge is 0.374 e. The molecule has 6 rings (SSSR count). The van der Waals surface area contributed by atoms with Gasteiger partial charge in [0.15, 0.2) is 5.65 Å². The zero-order valence-corrected chi connectivity index (χ0v) is 16.3. The molecule has 3 aliphatic heterocycles. The van der Waals surface area contributed by atoms with Crippen molar-refractivity contribution in [1.29, 1.82) is 0 Å². The highest BCUT2D eigenvalue weighted by atomic mass is 16.5. The third kappa shape index (κ3) is 2.85. The number of likely N-dealkylation sites (tertiary alicyclic amines) is 1. The Labute approximate surface area is 169 Å². The zero-order chi connectivity index (χ0) is 19.4. The van der Waals surface area contributed by atoms with Gasteiger partial charge in [0.2, 0.25) is 0 Å². The van der Waals surface area contributed by atoms with Gasteiger partial charge in [-0.3, -0.25) is 4.79 Å². The van der Waals surface area contributed by atoms with Crippen LogP contribution in [-0.4, -0.2) is 50.6 Å². The Morgan fingerprint density at radius 3 is 2.59 bits per heavy atom. The van der Waals surface area contributed by atoms with Gasteiger partial charge >= 0.3 is 0 Å². The maximum Gasteiger partial charge on any atom is 0.255 e. The second-order valence-corrected chi connectivity index (χ2v) is 8.57. The first-order chi connectivity index (χ1) is 14.3. The second kappa shape index (κ2) is 6.66. The third-order valence-corrected chi connectivity index (χ3v) is 6.93. The number of fused-ring (bicyclic) bond motifs is 6. The lowest BCUT2D eigenvalue weighted by Gasteiger charge is -2.18. The van der Waals surface area contributed by atoms with E-state index in [4.69, 9.17) is 4.74 Å². The minimum Gasteiger partial charge on any atom is -0.374 e. The zero-order valence-electron chi connectivity index (χ0n) is 16.3. The lowest BCUT2D eigenvalue weighted by molar-refractivity contribution is 0.0594. The Morgan fingerprint density at radius 1 is 1.07 bits per heavy atom. The summed E-state index contributed by atoms with van der Waals surface area (Å²) in [6.45, 7) is 2.45. The number of amides is 1. The molecule has 2 aromatic heterocycles. The maximum atomic E-state index is 13.1. The molecule has 1 aromatic carbocycles. The summed E-state index contributed by atoms with van der Waals surface area (Å²) in [5.41, 5.74) is 3.55. The predicted octanol–water partition coefficient (Wildman–Crippen LogP) is 2.92. The highest BCUT2D eigenvalue weighted by Gasteiger charge is 2.53. The second-order valence-electron chi connectivity index (χ2n) is 8.57. The first kappa shape index (κ1) is 17.2. The fourth-order valence-corrected chi connectivity index (χ4v) is 5.43. The molecule has 29 heavy (non-hydrogen) atoms. The van der Waals surface area contributed by atoms with Crippen LogP contribution >= 0.6 is 0 Å². The molecule has 6 heteroatoms. The van der Waals surface area contributed by atoms with Crippen molar-refractivity contribution in [3.05, 3.63) is 60.0 Å². The molecule has 0 radical (unpaired) electrons. The fourth-order valence-electron chi connectivity index (χ4n) is 5.43. The van der Waals surface area contributed by atoms with Crippen LogP contribution in [0.15, 0.2) is 48.9 Å². The van der Waals surface area contributed by atoms with E-state index >= 15 is 0 Å². The normalized spacial score (nSPS) is 27.7. The van der Waals surface area contributed by atoms with E-state index in [0.29, 0.717) is 29.6 Å². The van der Waals surface area contributed by atoms with Crippen molar-refractivity contribution in [3.8, 4) is 0 Å². The fraction of sp³-hybridized carbons (Fsp3) is 0.435. The van der Waals surface area contributed by atoms with Crippen molar-refractivity contribution in [3.63, 3.8) is 0 Å². The van der Waals surface area contributed by atoms with Gasteiger partial charge in [0.25, 0.3) is 5.91 Å². The number of carbonyl (C=O) groups excluding carboxylic acids is 1. The first-order valence-corrected chi connectivity index (χ1v) is 10.6. The molecule has 3 aliphatic rings. The van der Waals surface area contributed by atoms with Crippen LogP contribution in [-0.2, 0) is 17.7 Å². The Bertz CT molecular complexity index is 1050. The smallest absolute Gasteiger partial charge is 0.255 e. The summed E-state index contributed by atoms with van der Waals surface area (Å²) in [4.78, 5) is 24.2. The summed E-state index contributed by atoms with van der Waals surface area (Å²) < 4.78 is 8.09. The van der Waals surface area contributed by atoms with Crippen molar-refractivity contribution < 1.29 is 9.53 Å². The topological polar surface area (TPSA) is 60.2 Å². The molecule has 0 saturated carbocycles. The number of imidazole rings is 1. The molecule has 4 atom stereocenters. The molecule has 3 aromatic rings. The van der Waals surface area contributed by atoms with Crippen LogP contribution in [0.25, 0.3) is 11.2 Å². The molecule has 0 spiro atoms. The number of carbonyl (C=O) groups is 1. The van der Waals surface area contributed by atoms with Gasteiger partial charge in [0.05, 0.1) is 24.1 Å². The molecule has 5 heterocycles. The highest BCUT2D eigenvalue weighted by molar-refractivity contribution is 5.96. The third-order valence-electron chi connectivity index (χ3n) is 6.93. The quantitative estimate of drug-likeness (QED) is 0.690. The van der Waals surface area contributed by atoms with Crippen LogP contribution in [0.5, 0.6) is 0 Å². The van der Waals surface area contributed by atoms with Gasteiger partial charge < -0.3 is 14.2 Å². The number of hydrogen-bond acceptors (Lipinski definition) is 4. The molecule has 6 nitrogen and oxygen atoms in total.